The summed E-state index contributed by atoms with van der Waals surface area (Å²) >= 11 is 0. The smallest absolute Gasteiger partial charge is 0.105 e. The van der Waals surface area contributed by atoms with Crippen LogP contribution in [-0.4, -0.2) is 43.4 Å². The average molecular weight is 295 g/mol. The summed E-state index contributed by atoms with van der Waals surface area (Å²) in [4.78, 5) is 2.49. The third kappa shape index (κ3) is 2.80. The molecule has 3 heteroatoms. The fraction of sp³-hybridized carbons (Fsp3) is 0.368. The number of nitrogens with zero attached hydrogens (tertiary/aromatic N) is 1. The molecule has 2 aromatic carbocycles. The summed E-state index contributed by atoms with van der Waals surface area (Å²) in [6, 6.07) is 21.8. The lowest BCUT2D eigenvalue weighted by Crippen LogP contribution is -2.56. The van der Waals surface area contributed by atoms with Crippen molar-refractivity contribution >= 4 is 0 Å². The largest absolute Gasteiger partial charge is 0.376 e. The van der Waals surface area contributed by atoms with Gasteiger partial charge in [-0.2, -0.15) is 0 Å². The van der Waals surface area contributed by atoms with Gasteiger partial charge in [0.15, 0.2) is 0 Å². The minimum atomic E-state index is 0.319. The molecule has 2 aliphatic rings. The molecular weight excluding hydrogens is 274 g/mol. The van der Waals surface area contributed by atoms with Gasteiger partial charge in [0.05, 0.1) is 25.4 Å². The molecule has 0 aliphatic carbocycles. The van der Waals surface area contributed by atoms with E-state index in [0.717, 1.165) is 26.3 Å². The Bertz CT molecular complexity index is 552. The van der Waals surface area contributed by atoms with E-state index in [1.54, 1.807) is 0 Å². The van der Waals surface area contributed by atoms with E-state index in [1.165, 1.54) is 11.1 Å². The zero-order chi connectivity index (χ0) is 14.8. The number of ether oxygens (including phenoxy) is 2. The first-order valence-electron chi connectivity index (χ1n) is 7.97. The molecule has 0 atom stereocenters. The molecule has 114 valence electrons. The lowest BCUT2D eigenvalue weighted by atomic mass is 9.94. The molecule has 4 rings (SSSR count). The molecule has 0 radical (unpaired) electrons. The van der Waals surface area contributed by atoms with Gasteiger partial charge in [-0.25, -0.2) is 0 Å². The standard InChI is InChI=1S/C19H21NO2/c1-3-7-15(8-4-1)19(16-9-5-2-6-10-16)20-11-17(12-20)22-18-13-21-14-18/h1-10,17-19H,11-14H2. The average Bonchev–Trinajstić information content (AvgIpc) is 2.49. The van der Waals surface area contributed by atoms with Crippen molar-refractivity contribution in [2.24, 2.45) is 0 Å². The lowest BCUT2D eigenvalue weighted by Gasteiger charge is -2.46. The first-order chi connectivity index (χ1) is 10.9. The maximum Gasteiger partial charge on any atom is 0.105 e. The Hall–Kier alpha value is -1.68. The molecule has 0 N–H and O–H groups in total. The van der Waals surface area contributed by atoms with E-state index >= 15 is 0 Å². The highest BCUT2D eigenvalue weighted by Gasteiger charge is 2.37. The van der Waals surface area contributed by atoms with Crippen LogP contribution in [0.4, 0.5) is 0 Å². The van der Waals surface area contributed by atoms with Gasteiger partial charge in [-0.15, -0.1) is 0 Å². The van der Waals surface area contributed by atoms with Gasteiger partial charge in [-0.05, 0) is 11.1 Å². The Balaban J connectivity index is 1.49. The van der Waals surface area contributed by atoms with Gasteiger partial charge in [0.25, 0.3) is 0 Å². The number of rotatable bonds is 5. The second kappa shape index (κ2) is 6.21. The summed E-state index contributed by atoms with van der Waals surface area (Å²) in [6.07, 6.45) is 0.669. The van der Waals surface area contributed by atoms with Crippen molar-refractivity contribution in [3.05, 3.63) is 71.8 Å². The van der Waals surface area contributed by atoms with Crippen molar-refractivity contribution in [3.8, 4) is 0 Å². The summed E-state index contributed by atoms with van der Waals surface area (Å²) in [5.74, 6) is 0. The van der Waals surface area contributed by atoms with Crippen LogP contribution in [0.5, 0.6) is 0 Å². The molecule has 0 bridgehead atoms. The topological polar surface area (TPSA) is 21.7 Å². The van der Waals surface area contributed by atoms with Gasteiger partial charge in [0.1, 0.15) is 6.10 Å². The molecule has 3 nitrogen and oxygen atoms in total. The molecule has 0 spiro atoms. The Morgan fingerprint density at radius 1 is 0.818 bits per heavy atom. The first kappa shape index (κ1) is 13.9. The molecule has 2 aliphatic heterocycles. The Morgan fingerprint density at radius 2 is 1.36 bits per heavy atom. The Kier molecular flexibility index (Phi) is 3.94. The van der Waals surface area contributed by atoms with Crippen molar-refractivity contribution in [1.29, 1.82) is 0 Å². The molecule has 22 heavy (non-hydrogen) atoms. The number of hydrogen-bond acceptors (Lipinski definition) is 3. The van der Waals surface area contributed by atoms with E-state index in [4.69, 9.17) is 9.47 Å². The summed E-state index contributed by atoms with van der Waals surface area (Å²) in [6.45, 7) is 3.50. The van der Waals surface area contributed by atoms with Crippen LogP contribution < -0.4 is 0 Å². The number of benzene rings is 2. The maximum atomic E-state index is 6.01. The van der Waals surface area contributed by atoms with Crippen LogP contribution in [0, 0.1) is 0 Å². The fourth-order valence-corrected chi connectivity index (χ4v) is 3.22. The van der Waals surface area contributed by atoms with Crippen LogP contribution in [-0.2, 0) is 9.47 Å². The molecule has 2 fully saturated rings. The van der Waals surface area contributed by atoms with E-state index < -0.39 is 0 Å². The van der Waals surface area contributed by atoms with Gasteiger partial charge < -0.3 is 9.47 Å². The molecular formula is C19H21NO2. The molecule has 2 aromatic rings. The van der Waals surface area contributed by atoms with E-state index in [0.29, 0.717) is 18.2 Å². The predicted octanol–water partition coefficient (Wildman–Crippen LogP) is 2.88. The molecule has 2 saturated heterocycles. The van der Waals surface area contributed by atoms with Crippen LogP contribution in [0.2, 0.25) is 0 Å². The summed E-state index contributed by atoms with van der Waals surface area (Å²) in [7, 11) is 0. The van der Waals surface area contributed by atoms with Crippen LogP contribution >= 0.6 is 0 Å². The highest BCUT2D eigenvalue weighted by molar-refractivity contribution is 5.32. The van der Waals surface area contributed by atoms with Crippen molar-refractivity contribution in [1.82, 2.24) is 4.90 Å². The zero-order valence-electron chi connectivity index (χ0n) is 12.6. The number of hydrogen-bond donors (Lipinski definition) is 0. The van der Waals surface area contributed by atoms with E-state index in [-0.39, 0.29) is 0 Å². The van der Waals surface area contributed by atoms with Gasteiger partial charge >= 0.3 is 0 Å². The highest BCUT2D eigenvalue weighted by atomic mass is 16.6. The van der Waals surface area contributed by atoms with Gasteiger partial charge in [-0.1, -0.05) is 60.7 Å². The van der Waals surface area contributed by atoms with Crippen LogP contribution in [0.25, 0.3) is 0 Å². The SMILES string of the molecule is c1ccc(C(c2ccccc2)N2CC(OC3COC3)C2)cc1. The Labute approximate surface area is 131 Å². The fourth-order valence-electron chi connectivity index (χ4n) is 3.22. The minimum absolute atomic E-state index is 0.319. The van der Waals surface area contributed by atoms with Crippen LogP contribution in [0.1, 0.15) is 17.2 Å². The number of likely N-dealkylation sites (tertiary alicyclic amines) is 1. The lowest BCUT2D eigenvalue weighted by molar-refractivity contribution is -0.185. The Morgan fingerprint density at radius 3 is 1.82 bits per heavy atom. The summed E-state index contributed by atoms with van der Waals surface area (Å²) in [5.41, 5.74) is 2.69. The molecule has 0 aromatic heterocycles. The monoisotopic (exact) mass is 295 g/mol. The van der Waals surface area contributed by atoms with Gasteiger partial charge in [0.2, 0.25) is 0 Å². The minimum Gasteiger partial charge on any atom is -0.376 e. The van der Waals surface area contributed by atoms with Crippen LogP contribution in [0.15, 0.2) is 60.7 Å². The third-order valence-corrected chi connectivity index (χ3v) is 4.46. The molecule has 0 saturated carbocycles. The maximum absolute atomic E-state index is 6.01. The molecule has 2 heterocycles. The van der Waals surface area contributed by atoms with E-state index in [1.807, 2.05) is 0 Å². The molecule has 0 amide bonds. The van der Waals surface area contributed by atoms with Crippen molar-refractivity contribution in [2.75, 3.05) is 26.3 Å². The van der Waals surface area contributed by atoms with Crippen molar-refractivity contribution in [2.45, 2.75) is 18.2 Å². The second-order valence-electron chi connectivity index (χ2n) is 6.10. The van der Waals surface area contributed by atoms with Crippen molar-refractivity contribution in [3.63, 3.8) is 0 Å². The zero-order valence-corrected chi connectivity index (χ0v) is 12.6. The first-order valence-corrected chi connectivity index (χ1v) is 7.97. The third-order valence-electron chi connectivity index (χ3n) is 4.46. The van der Waals surface area contributed by atoms with E-state index in [2.05, 4.69) is 65.6 Å². The summed E-state index contributed by atoms with van der Waals surface area (Å²) in [5, 5.41) is 0. The molecule has 0 unspecified atom stereocenters. The van der Waals surface area contributed by atoms with E-state index in [9.17, 15) is 0 Å². The normalized spacial score (nSPS) is 19.9. The quantitative estimate of drug-likeness (QED) is 0.846. The van der Waals surface area contributed by atoms with Gasteiger partial charge in [-0.3, -0.25) is 4.90 Å². The highest BCUT2D eigenvalue weighted by Crippen LogP contribution is 2.33. The second-order valence-corrected chi connectivity index (χ2v) is 6.10. The van der Waals surface area contributed by atoms with Crippen molar-refractivity contribution < 1.29 is 9.47 Å². The predicted molar refractivity (Wildman–Crippen MR) is 85.8 cm³/mol. The summed E-state index contributed by atoms with van der Waals surface area (Å²) < 4.78 is 11.2. The van der Waals surface area contributed by atoms with Gasteiger partial charge in [0, 0.05) is 13.1 Å². The van der Waals surface area contributed by atoms with Crippen LogP contribution in [0.3, 0.4) is 0 Å².